The fraction of sp³-hybridized carbons (Fsp3) is 0.200. The number of anilines is 2. The Kier molecular flexibility index (Phi) is 5.75. The van der Waals surface area contributed by atoms with Gasteiger partial charge in [-0.25, -0.2) is 18.6 Å². The van der Waals surface area contributed by atoms with Gasteiger partial charge >= 0.3 is 5.97 Å². The molecule has 0 atom stereocenters. The van der Waals surface area contributed by atoms with Crippen LogP contribution in [0, 0.1) is 11.6 Å². The summed E-state index contributed by atoms with van der Waals surface area (Å²) >= 11 is 0. The van der Waals surface area contributed by atoms with Gasteiger partial charge in [-0.05, 0) is 25.0 Å². The minimum Gasteiger partial charge on any atom is -0.477 e. The Balaban J connectivity index is 1.39. The number of fused-ring (bicyclic) bond motifs is 2. The monoisotopic (exact) mass is 493 g/mol. The lowest BCUT2D eigenvalue weighted by Gasteiger charge is -2.18. The standard InChI is InChI=1S/C25H21F2N5O4/c26-18-20(28)17-22(32(13-6-7-13)11-14(23(17)33)25(35)36)19(27)21(18)29-9-10-30-24(34)16-8-5-12-3-1-2-4-15(12)31-16/h1-5,8,11,13,29H,6-7,9-10,28H2,(H,30,34)(H,35,36). The van der Waals surface area contributed by atoms with Crippen LogP contribution in [0.15, 0.2) is 47.4 Å². The molecule has 0 radical (unpaired) electrons. The molecular formula is C25H21F2N5O4. The number of hydrogen-bond donors (Lipinski definition) is 4. The van der Waals surface area contributed by atoms with E-state index < -0.39 is 51.3 Å². The van der Waals surface area contributed by atoms with Gasteiger partial charge in [0.2, 0.25) is 5.43 Å². The third-order valence-electron chi connectivity index (χ3n) is 6.10. The van der Waals surface area contributed by atoms with Crippen LogP contribution in [-0.4, -0.2) is 39.6 Å². The zero-order valence-electron chi connectivity index (χ0n) is 18.8. The van der Waals surface area contributed by atoms with Crippen molar-refractivity contribution in [2.24, 2.45) is 0 Å². The number of aromatic nitrogens is 2. The number of amides is 1. The van der Waals surface area contributed by atoms with Gasteiger partial charge < -0.3 is 26.0 Å². The Morgan fingerprint density at radius 3 is 2.58 bits per heavy atom. The lowest BCUT2D eigenvalue weighted by molar-refractivity contribution is 0.0694. The van der Waals surface area contributed by atoms with Gasteiger partial charge in [-0.15, -0.1) is 0 Å². The van der Waals surface area contributed by atoms with Gasteiger partial charge in [0.15, 0.2) is 11.6 Å². The van der Waals surface area contributed by atoms with Gasteiger partial charge in [0.1, 0.15) is 16.9 Å². The van der Waals surface area contributed by atoms with E-state index in [1.807, 2.05) is 18.2 Å². The van der Waals surface area contributed by atoms with Crippen molar-refractivity contribution in [2.75, 3.05) is 24.1 Å². The van der Waals surface area contributed by atoms with Crippen LogP contribution in [0.5, 0.6) is 0 Å². The fourth-order valence-corrected chi connectivity index (χ4v) is 4.16. The Morgan fingerprint density at radius 2 is 1.86 bits per heavy atom. The van der Waals surface area contributed by atoms with Crippen LogP contribution in [0.2, 0.25) is 0 Å². The average Bonchev–Trinajstić information content (AvgIpc) is 3.71. The molecule has 184 valence electrons. The Bertz CT molecular complexity index is 1610. The summed E-state index contributed by atoms with van der Waals surface area (Å²) in [5.74, 6) is -4.22. The molecule has 1 fully saturated rings. The summed E-state index contributed by atoms with van der Waals surface area (Å²) in [5, 5.41) is 15.0. The largest absolute Gasteiger partial charge is 0.477 e. The second-order valence-corrected chi connectivity index (χ2v) is 8.53. The molecule has 1 aliphatic rings. The van der Waals surface area contributed by atoms with E-state index in [0.717, 1.165) is 11.6 Å². The average molecular weight is 493 g/mol. The van der Waals surface area contributed by atoms with Crippen LogP contribution in [0.1, 0.15) is 39.7 Å². The quantitative estimate of drug-likeness (QED) is 0.229. The normalized spacial score (nSPS) is 13.2. The molecule has 0 bridgehead atoms. The van der Waals surface area contributed by atoms with E-state index in [1.165, 1.54) is 4.57 Å². The number of aromatic carboxylic acids is 1. The summed E-state index contributed by atoms with van der Waals surface area (Å²) < 4.78 is 31.9. The summed E-state index contributed by atoms with van der Waals surface area (Å²) in [6, 6.07) is 10.5. The number of carboxylic acids is 1. The lowest BCUT2D eigenvalue weighted by atomic mass is 10.1. The molecule has 0 unspecified atom stereocenters. The molecule has 2 aromatic carbocycles. The molecule has 1 aliphatic carbocycles. The van der Waals surface area contributed by atoms with Crippen LogP contribution in [0.4, 0.5) is 20.2 Å². The number of carbonyl (C=O) groups excluding carboxylic acids is 1. The molecule has 0 spiro atoms. The molecule has 2 heterocycles. The van der Waals surface area contributed by atoms with Crippen molar-refractivity contribution in [3.8, 4) is 0 Å². The molecule has 0 aliphatic heterocycles. The van der Waals surface area contributed by atoms with E-state index in [2.05, 4.69) is 15.6 Å². The second kappa shape index (κ2) is 8.91. The minimum absolute atomic E-state index is 0.0115. The first-order chi connectivity index (χ1) is 17.3. The zero-order valence-corrected chi connectivity index (χ0v) is 18.8. The number of rotatable bonds is 7. The number of carboxylic acid groups (broad SMARTS) is 1. The number of para-hydroxylation sites is 1. The summed E-state index contributed by atoms with van der Waals surface area (Å²) in [4.78, 5) is 40.9. The predicted octanol–water partition coefficient (Wildman–Crippen LogP) is 3.29. The predicted molar refractivity (Wildman–Crippen MR) is 130 cm³/mol. The number of carbonyl (C=O) groups is 2. The molecule has 4 aromatic rings. The van der Waals surface area contributed by atoms with Crippen molar-refractivity contribution in [2.45, 2.75) is 18.9 Å². The Labute approximate surface area is 202 Å². The molecule has 1 saturated carbocycles. The molecule has 2 aromatic heterocycles. The first-order valence-electron chi connectivity index (χ1n) is 11.2. The molecular weight excluding hydrogens is 472 g/mol. The van der Waals surface area contributed by atoms with Gasteiger partial charge in [0.05, 0.1) is 22.1 Å². The number of halogens is 2. The van der Waals surface area contributed by atoms with Gasteiger partial charge in [-0.2, -0.15) is 0 Å². The maximum atomic E-state index is 15.5. The van der Waals surface area contributed by atoms with Crippen molar-refractivity contribution >= 4 is 45.1 Å². The molecule has 5 N–H and O–H groups in total. The van der Waals surface area contributed by atoms with Crippen molar-refractivity contribution in [1.82, 2.24) is 14.9 Å². The van der Waals surface area contributed by atoms with Gasteiger partial charge in [-0.3, -0.25) is 9.59 Å². The van der Waals surface area contributed by atoms with Gasteiger partial charge in [0.25, 0.3) is 5.91 Å². The van der Waals surface area contributed by atoms with Crippen molar-refractivity contribution in [3.63, 3.8) is 0 Å². The third-order valence-corrected chi connectivity index (χ3v) is 6.10. The third kappa shape index (κ3) is 3.98. The summed E-state index contributed by atoms with van der Waals surface area (Å²) in [6.07, 6.45) is 2.39. The van der Waals surface area contributed by atoms with E-state index in [-0.39, 0.29) is 30.3 Å². The molecule has 5 rings (SSSR count). The molecule has 36 heavy (non-hydrogen) atoms. The number of nitrogen functional groups attached to an aromatic ring is 1. The Hall–Kier alpha value is -4.54. The molecule has 11 heteroatoms. The number of nitrogens with zero attached hydrogens (tertiary/aromatic N) is 2. The first kappa shape index (κ1) is 23.2. The maximum Gasteiger partial charge on any atom is 0.341 e. The highest BCUT2D eigenvalue weighted by Crippen LogP contribution is 2.40. The number of nitrogens with two attached hydrogens (primary N) is 1. The van der Waals surface area contributed by atoms with Crippen LogP contribution in [0.3, 0.4) is 0 Å². The molecule has 0 saturated heterocycles. The van der Waals surface area contributed by atoms with Gasteiger partial charge in [-0.1, -0.05) is 24.3 Å². The van der Waals surface area contributed by atoms with Crippen LogP contribution < -0.4 is 21.8 Å². The topological polar surface area (TPSA) is 139 Å². The van der Waals surface area contributed by atoms with E-state index >= 15 is 8.78 Å². The van der Waals surface area contributed by atoms with Crippen molar-refractivity contribution in [1.29, 1.82) is 0 Å². The highest BCUT2D eigenvalue weighted by atomic mass is 19.1. The van der Waals surface area contributed by atoms with E-state index in [4.69, 9.17) is 5.73 Å². The SMILES string of the molecule is Nc1c(F)c(NCCNC(=O)c2ccc3ccccc3n2)c(F)c2c1c(=O)c(C(=O)O)cn2C1CC1. The Morgan fingerprint density at radius 1 is 1.11 bits per heavy atom. The van der Waals surface area contributed by atoms with Crippen LogP contribution in [0.25, 0.3) is 21.8 Å². The van der Waals surface area contributed by atoms with Crippen LogP contribution >= 0.6 is 0 Å². The van der Waals surface area contributed by atoms with E-state index in [9.17, 15) is 19.5 Å². The highest BCUT2D eigenvalue weighted by molar-refractivity contribution is 6.00. The first-order valence-corrected chi connectivity index (χ1v) is 11.2. The maximum absolute atomic E-state index is 15.5. The fourth-order valence-electron chi connectivity index (χ4n) is 4.16. The number of benzene rings is 2. The molecule has 9 nitrogen and oxygen atoms in total. The molecule has 1 amide bonds. The number of pyridine rings is 2. The van der Waals surface area contributed by atoms with Crippen molar-refractivity contribution < 1.29 is 23.5 Å². The van der Waals surface area contributed by atoms with Crippen LogP contribution in [-0.2, 0) is 0 Å². The van der Waals surface area contributed by atoms with E-state index in [0.29, 0.717) is 18.4 Å². The summed E-state index contributed by atoms with van der Waals surface area (Å²) in [5.41, 5.74) is 3.61. The summed E-state index contributed by atoms with van der Waals surface area (Å²) in [6.45, 7) is -0.0451. The second-order valence-electron chi connectivity index (χ2n) is 8.53. The number of hydrogen-bond acceptors (Lipinski definition) is 6. The van der Waals surface area contributed by atoms with Gasteiger partial charge in [0, 0.05) is 30.7 Å². The van der Waals surface area contributed by atoms with Crippen molar-refractivity contribution in [3.05, 3.63) is 75.7 Å². The minimum atomic E-state index is -1.50. The zero-order chi connectivity index (χ0) is 25.6. The smallest absolute Gasteiger partial charge is 0.341 e. The van der Waals surface area contributed by atoms with E-state index in [1.54, 1.807) is 18.2 Å². The highest BCUT2D eigenvalue weighted by Gasteiger charge is 2.31. The number of nitrogens with one attached hydrogen (secondary N) is 2. The summed E-state index contributed by atoms with van der Waals surface area (Å²) in [7, 11) is 0. The lowest BCUT2D eigenvalue weighted by Crippen LogP contribution is -2.30.